The molecule has 0 unspecified atom stereocenters. The minimum Gasteiger partial charge on any atom is -0.505 e. The van der Waals surface area contributed by atoms with Gasteiger partial charge in [0.1, 0.15) is 31.9 Å². The van der Waals surface area contributed by atoms with Gasteiger partial charge in [0.25, 0.3) is 41.7 Å². The summed E-state index contributed by atoms with van der Waals surface area (Å²) < 4.78 is 102. The lowest BCUT2D eigenvalue weighted by Crippen LogP contribution is -2.16. The number of anilines is 5. The maximum Gasteiger partial charge on any atom is 0.296 e. The summed E-state index contributed by atoms with van der Waals surface area (Å²) in [6, 6.07) is 23.9. The summed E-state index contributed by atoms with van der Waals surface area (Å²) in [7, 11) is -14.6. The first-order valence-electron chi connectivity index (χ1n) is 18.7. The molecule has 346 valence electrons. The summed E-state index contributed by atoms with van der Waals surface area (Å²) >= 11 is 0. The topological polar surface area (TPSA) is 385 Å². The lowest BCUT2D eigenvalue weighted by Gasteiger charge is -2.11. The summed E-state index contributed by atoms with van der Waals surface area (Å²) in [4.78, 5) is 31.3. The Labute approximate surface area is 382 Å². The molecule has 0 amide bonds. The SMILES string of the molecule is O=C1C=C(O)C(N=Nc2ccc(N=Nc3ccc(Nc4ccc([N+](=O)[O-])cc4S(=O)(=O)O)cc3)c3c(S(=O)(=O)O)cccc23)=C/C1=N/Nc1ccc(Nc2ccc([N+](=O)[O-])cc2S(=O)(=O)O)cc1. The molecule has 0 saturated heterocycles. The van der Waals surface area contributed by atoms with Crippen molar-refractivity contribution in [2.24, 2.45) is 25.6 Å². The van der Waals surface area contributed by atoms with E-state index >= 15 is 0 Å². The maximum absolute atomic E-state index is 12.8. The van der Waals surface area contributed by atoms with E-state index in [4.69, 9.17) is 0 Å². The molecule has 0 fully saturated rings. The van der Waals surface area contributed by atoms with E-state index in [-0.39, 0.29) is 56.3 Å². The van der Waals surface area contributed by atoms with Gasteiger partial charge in [0, 0.05) is 58.6 Å². The highest BCUT2D eigenvalue weighted by molar-refractivity contribution is 7.86. The van der Waals surface area contributed by atoms with Crippen molar-refractivity contribution in [3.8, 4) is 0 Å². The second-order valence-corrected chi connectivity index (χ2v) is 18.1. The van der Waals surface area contributed by atoms with Gasteiger partial charge >= 0.3 is 0 Å². The Morgan fingerprint density at radius 2 is 1.04 bits per heavy atom. The molecule has 6 aromatic rings. The van der Waals surface area contributed by atoms with Crippen LogP contribution in [0.25, 0.3) is 10.8 Å². The van der Waals surface area contributed by atoms with Crippen molar-refractivity contribution in [2.45, 2.75) is 14.7 Å². The van der Waals surface area contributed by atoms with E-state index in [0.29, 0.717) is 23.5 Å². The van der Waals surface area contributed by atoms with Crippen LogP contribution in [0.15, 0.2) is 179 Å². The van der Waals surface area contributed by atoms with E-state index in [0.717, 1.165) is 42.5 Å². The molecule has 1 aliphatic rings. The van der Waals surface area contributed by atoms with Gasteiger partial charge in [-0.25, -0.2) is 0 Å². The van der Waals surface area contributed by atoms with Gasteiger partial charge in [0.2, 0.25) is 5.78 Å². The number of hydrazone groups is 1. The molecule has 7 N–H and O–H groups in total. The van der Waals surface area contributed by atoms with Gasteiger partial charge in [-0.1, -0.05) is 12.1 Å². The Morgan fingerprint density at radius 1 is 0.544 bits per heavy atom. The quantitative estimate of drug-likeness (QED) is 0.0166. The van der Waals surface area contributed by atoms with Crippen LogP contribution >= 0.6 is 0 Å². The number of rotatable bonds is 15. The number of carbonyl (C=O) groups is 1. The highest BCUT2D eigenvalue weighted by Gasteiger charge is 2.24. The predicted octanol–water partition coefficient (Wildman–Crippen LogP) is 8.76. The first kappa shape index (κ1) is 47.3. The smallest absolute Gasteiger partial charge is 0.296 e. The predicted molar refractivity (Wildman–Crippen MR) is 243 cm³/mol. The summed E-state index contributed by atoms with van der Waals surface area (Å²) in [6.45, 7) is 0. The first-order chi connectivity index (χ1) is 32.0. The molecule has 0 saturated carbocycles. The number of allylic oxidation sites excluding steroid dienone is 2. The third-order valence-electron chi connectivity index (χ3n) is 9.35. The van der Waals surface area contributed by atoms with Crippen molar-refractivity contribution in [3.05, 3.63) is 159 Å². The summed E-state index contributed by atoms with van der Waals surface area (Å²) in [5, 5.41) is 58.9. The molecule has 0 radical (unpaired) electrons. The fraction of sp³-hybridized carbons (Fsp3) is 0. The Bertz CT molecular complexity index is 3600. The van der Waals surface area contributed by atoms with Gasteiger partial charge in [0.05, 0.1) is 44.0 Å². The molecule has 1 aliphatic carbocycles. The molecule has 7 rings (SSSR count). The second kappa shape index (κ2) is 18.7. The molecular weight excluding hydrogens is 957 g/mol. The number of nitro benzene ring substituents is 2. The van der Waals surface area contributed by atoms with E-state index in [2.05, 4.69) is 41.6 Å². The molecule has 6 aromatic carbocycles. The molecule has 28 heteroatoms. The zero-order valence-electron chi connectivity index (χ0n) is 33.8. The first-order valence-corrected chi connectivity index (χ1v) is 23.0. The monoisotopic (exact) mass is 984 g/mol. The molecule has 68 heavy (non-hydrogen) atoms. The Morgan fingerprint density at radius 3 is 1.57 bits per heavy atom. The van der Waals surface area contributed by atoms with Crippen molar-refractivity contribution < 1.29 is 58.7 Å². The number of ketones is 1. The van der Waals surface area contributed by atoms with Crippen LogP contribution in [-0.4, -0.2) is 65.4 Å². The number of fused-ring (bicyclic) bond motifs is 1. The molecule has 0 aromatic heterocycles. The van der Waals surface area contributed by atoms with Crippen molar-refractivity contribution in [3.63, 3.8) is 0 Å². The number of non-ortho nitro benzene ring substituents is 2. The third-order valence-corrected chi connectivity index (χ3v) is 12.0. The highest BCUT2D eigenvalue weighted by Crippen LogP contribution is 2.39. The van der Waals surface area contributed by atoms with Crippen LogP contribution in [0, 0.1) is 20.2 Å². The fourth-order valence-corrected chi connectivity index (χ4v) is 8.27. The molecular formula is C40H28N10O15S3. The van der Waals surface area contributed by atoms with Crippen LogP contribution in [-0.2, 0) is 35.1 Å². The number of aliphatic hydroxyl groups excluding tert-OH is 1. The molecule has 0 heterocycles. The van der Waals surface area contributed by atoms with E-state index in [1.54, 1.807) is 0 Å². The van der Waals surface area contributed by atoms with Crippen LogP contribution < -0.4 is 16.1 Å². The largest absolute Gasteiger partial charge is 0.505 e. The molecule has 0 bridgehead atoms. The Hall–Kier alpha value is -8.67. The van der Waals surface area contributed by atoms with Crippen molar-refractivity contribution in [1.82, 2.24) is 0 Å². The van der Waals surface area contributed by atoms with Gasteiger partial charge in [-0.15, -0.1) is 15.3 Å². The standard InChI is InChI=1S/C40H28N10O15S3/c51-35-21-36(52)34(20-33(35)47-44-25-10-6-23(7-11-25)42-31-15-13-27(50(55)56)19-39(31)68(63,64)65)48-45-29-16-17-32(40-28(29)2-1-3-37(40)66(57,58)59)46-43-24-8-4-22(5-9-24)41-30-14-12-26(49(53)54)18-38(30)67(60,61)62/h1-21,41-42,44,52H,(H,57,58,59)(H,60,61,62)(H,63,64,65)/b46-43?,47-33-,48-45?. The number of aliphatic hydroxyl groups is 1. The van der Waals surface area contributed by atoms with Crippen molar-refractivity contribution >= 4 is 109 Å². The van der Waals surface area contributed by atoms with Crippen LogP contribution in [0.1, 0.15) is 0 Å². The van der Waals surface area contributed by atoms with Crippen LogP contribution in [0.5, 0.6) is 0 Å². The average Bonchev–Trinajstić information content (AvgIpc) is 3.27. The zero-order chi connectivity index (χ0) is 49.1. The van der Waals surface area contributed by atoms with E-state index in [1.165, 1.54) is 72.8 Å². The van der Waals surface area contributed by atoms with E-state index < -0.39 is 77.8 Å². The number of nitrogens with zero attached hydrogens (tertiary/aromatic N) is 7. The number of nitro groups is 2. The second-order valence-electron chi connectivity index (χ2n) is 13.9. The van der Waals surface area contributed by atoms with Gasteiger partial charge in [-0.05, 0) is 78.9 Å². The summed E-state index contributed by atoms with van der Waals surface area (Å²) in [6.07, 6.45) is 1.93. The van der Waals surface area contributed by atoms with Crippen molar-refractivity contribution in [2.75, 3.05) is 16.1 Å². The fourth-order valence-electron chi connectivity index (χ4n) is 6.22. The molecule has 25 nitrogen and oxygen atoms in total. The van der Waals surface area contributed by atoms with E-state index in [1.807, 2.05) is 0 Å². The van der Waals surface area contributed by atoms with Crippen LogP contribution in [0.4, 0.5) is 56.9 Å². The number of carbonyl (C=O) groups excluding carboxylic acids is 1. The summed E-state index contributed by atoms with van der Waals surface area (Å²) in [5.74, 6) is -1.33. The van der Waals surface area contributed by atoms with Crippen LogP contribution in [0.3, 0.4) is 0 Å². The summed E-state index contributed by atoms with van der Waals surface area (Å²) in [5.41, 5.74) is 1.76. The minimum absolute atomic E-state index is 0.0173. The van der Waals surface area contributed by atoms with E-state index in [9.17, 15) is 69.0 Å². The Balaban J connectivity index is 1.11. The number of benzene rings is 6. The Kier molecular flexibility index (Phi) is 13.0. The normalized spacial score (nSPS) is 14.0. The van der Waals surface area contributed by atoms with Crippen LogP contribution in [0.2, 0.25) is 0 Å². The van der Waals surface area contributed by atoms with Gasteiger partial charge < -0.3 is 15.7 Å². The minimum atomic E-state index is -4.88. The zero-order valence-corrected chi connectivity index (χ0v) is 36.2. The molecule has 0 atom stereocenters. The molecule has 0 aliphatic heterocycles. The average molecular weight is 985 g/mol. The van der Waals surface area contributed by atoms with Gasteiger partial charge in [0.15, 0.2) is 0 Å². The number of nitrogens with one attached hydrogen (secondary N) is 3. The van der Waals surface area contributed by atoms with Gasteiger partial charge in [-0.3, -0.25) is 44.1 Å². The number of azo groups is 2. The lowest BCUT2D eigenvalue weighted by molar-refractivity contribution is -0.385. The van der Waals surface area contributed by atoms with Gasteiger partial charge in [-0.2, -0.15) is 35.5 Å². The van der Waals surface area contributed by atoms with Crippen molar-refractivity contribution in [1.29, 1.82) is 0 Å². The molecule has 0 spiro atoms. The number of hydrogen-bond acceptors (Lipinski definition) is 20. The third kappa shape index (κ3) is 10.9. The highest BCUT2D eigenvalue weighted by atomic mass is 32.2. The lowest BCUT2D eigenvalue weighted by atomic mass is 10.1. The maximum atomic E-state index is 12.8. The number of hydrogen-bond donors (Lipinski definition) is 7.